The number of aromatic amines is 1. The van der Waals surface area contributed by atoms with Gasteiger partial charge in [-0.1, -0.05) is 19.8 Å². The third kappa shape index (κ3) is 3.29. The van der Waals surface area contributed by atoms with Gasteiger partial charge < -0.3 is 4.98 Å². The molecule has 0 bridgehead atoms. The molecule has 0 fully saturated rings. The van der Waals surface area contributed by atoms with E-state index in [-0.39, 0.29) is 17.5 Å². The molecular weight excluding hydrogens is 333 g/mol. The van der Waals surface area contributed by atoms with E-state index in [0.717, 1.165) is 6.42 Å². The molecule has 130 valence electrons. The summed E-state index contributed by atoms with van der Waals surface area (Å²) in [5.41, 5.74) is -2.26. The van der Waals surface area contributed by atoms with Crippen LogP contribution in [-0.2, 0) is 12.6 Å². The minimum atomic E-state index is -4.84. The summed E-state index contributed by atoms with van der Waals surface area (Å²) in [7, 11) is 0. The van der Waals surface area contributed by atoms with Gasteiger partial charge in [0.05, 0.1) is 21.5 Å². The Morgan fingerprint density at radius 3 is 2.29 bits per heavy atom. The summed E-state index contributed by atoms with van der Waals surface area (Å²) in [6.07, 6.45) is -2.72. The first-order valence-electron chi connectivity index (χ1n) is 7.08. The third-order valence-electron chi connectivity index (χ3n) is 3.52. The van der Waals surface area contributed by atoms with Crippen LogP contribution in [0.25, 0.3) is 11.0 Å². The Kier molecular flexibility index (Phi) is 4.71. The second-order valence-corrected chi connectivity index (χ2v) is 5.17. The normalized spacial score (nSPS) is 11.8. The Bertz CT molecular complexity index is 801. The monoisotopic (exact) mass is 346 g/mol. The maximum absolute atomic E-state index is 12.9. The fourth-order valence-electron chi connectivity index (χ4n) is 2.43. The number of rotatable bonds is 6. The van der Waals surface area contributed by atoms with Crippen LogP contribution in [0.4, 0.5) is 24.5 Å². The minimum absolute atomic E-state index is 0.0270. The van der Waals surface area contributed by atoms with Crippen molar-refractivity contribution in [2.75, 3.05) is 0 Å². The van der Waals surface area contributed by atoms with E-state index in [9.17, 15) is 33.4 Å². The molecule has 0 aliphatic rings. The molecule has 0 amide bonds. The van der Waals surface area contributed by atoms with Gasteiger partial charge in [0.1, 0.15) is 11.0 Å². The van der Waals surface area contributed by atoms with E-state index in [1.807, 2.05) is 11.9 Å². The fourth-order valence-corrected chi connectivity index (χ4v) is 2.43. The van der Waals surface area contributed by atoms with E-state index in [4.69, 9.17) is 0 Å². The third-order valence-corrected chi connectivity index (χ3v) is 3.52. The predicted octanol–water partition coefficient (Wildman–Crippen LogP) is 4.13. The average Bonchev–Trinajstić information content (AvgIpc) is 2.91. The van der Waals surface area contributed by atoms with E-state index in [0.29, 0.717) is 18.9 Å². The zero-order chi connectivity index (χ0) is 18.1. The number of nitrogens with zero attached hydrogens (tertiary/aromatic N) is 3. The largest absolute Gasteiger partial charge is 0.449 e. The molecule has 2 rings (SSSR count). The number of hydrogen-bond donors (Lipinski definition) is 1. The Morgan fingerprint density at radius 1 is 1.17 bits per heavy atom. The Labute approximate surface area is 133 Å². The fraction of sp³-hybridized carbons (Fsp3) is 0.462. The summed E-state index contributed by atoms with van der Waals surface area (Å²) in [5, 5.41) is 22.3. The molecule has 0 saturated heterocycles. The van der Waals surface area contributed by atoms with E-state index >= 15 is 0 Å². The molecule has 11 heteroatoms. The number of aromatic nitrogens is 2. The number of alkyl halides is 3. The van der Waals surface area contributed by atoms with Crippen LogP contribution in [0.5, 0.6) is 0 Å². The van der Waals surface area contributed by atoms with Crippen molar-refractivity contribution < 1.29 is 23.0 Å². The van der Waals surface area contributed by atoms with E-state index in [1.54, 1.807) is 0 Å². The molecule has 0 aliphatic heterocycles. The van der Waals surface area contributed by atoms with Crippen LogP contribution in [0.15, 0.2) is 6.07 Å². The van der Waals surface area contributed by atoms with E-state index in [2.05, 4.69) is 4.98 Å². The van der Waals surface area contributed by atoms with Crippen molar-refractivity contribution >= 4 is 22.4 Å². The Hall–Kier alpha value is -2.72. The predicted molar refractivity (Wildman–Crippen MR) is 77.6 cm³/mol. The molecule has 0 aliphatic carbocycles. The summed E-state index contributed by atoms with van der Waals surface area (Å²) < 4.78 is 38.6. The molecule has 8 nitrogen and oxygen atoms in total. The molecule has 1 heterocycles. The van der Waals surface area contributed by atoms with Crippen molar-refractivity contribution in [3.8, 4) is 0 Å². The quantitative estimate of drug-likeness (QED) is 0.480. The number of hydrogen-bond acceptors (Lipinski definition) is 5. The first-order valence-corrected chi connectivity index (χ1v) is 7.08. The first kappa shape index (κ1) is 17.6. The van der Waals surface area contributed by atoms with Gasteiger partial charge in [-0.05, 0) is 12.8 Å². The van der Waals surface area contributed by atoms with Crippen molar-refractivity contribution in [1.82, 2.24) is 9.97 Å². The lowest BCUT2D eigenvalue weighted by atomic mass is 10.0. The van der Waals surface area contributed by atoms with Gasteiger partial charge in [-0.2, -0.15) is 13.2 Å². The van der Waals surface area contributed by atoms with Crippen LogP contribution in [0, 0.1) is 20.2 Å². The zero-order valence-electron chi connectivity index (χ0n) is 12.5. The van der Waals surface area contributed by atoms with Gasteiger partial charge in [0.15, 0.2) is 0 Å². The van der Waals surface area contributed by atoms with Gasteiger partial charge in [0.25, 0.3) is 5.69 Å². The number of aryl methyl sites for hydroxylation is 1. The highest BCUT2D eigenvalue weighted by Gasteiger charge is 2.37. The van der Waals surface area contributed by atoms with Gasteiger partial charge in [0, 0.05) is 0 Å². The molecule has 24 heavy (non-hydrogen) atoms. The van der Waals surface area contributed by atoms with Crippen molar-refractivity contribution in [3.05, 3.63) is 37.7 Å². The molecule has 1 aromatic carbocycles. The molecule has 0 unspecified atom stereocenters. The SMILES string of the molecule is CCCCCc1c([N+](=O)[O-])cc([N+](=O)[O-])c2[nH]c(C(F)(F)F)nc12. The Morgan fingerprint density at radius 2 is 1.79 bits per heavy atom. The maximum atomic E-state index is 12.9. The van der Waals surface area contributed by atoms with Gasteiger partial charge in [0.2, 0.25) is 5.82 Å². The van der Waals surface area contributed by atoms with Crippen LogP contribution in [0.3, 0.4) is 0 Å². The number of non-ortho nitro benzene ring substituents is 1. The zero-order valence-corrected chi connectivity index (χ0v) is 12.5. The standard InChI is InChI=1S/C13H13F3N4O4/c1-2-3-4-5-7-8(19(21)22)6-9(20(23)24)11-10(7)17-12(18-11)13(14,15)16/h6H,2-5H2,1H3,(H,17,18). The molecule has 1 aromatic heterocycles. The number of imidazole rings is 1. The van der Waals surface area contributed by atoms with Crippen molar-refractivity contribution in [2.45, 2.75) is 38.8 Å². The highest BCUT2D eigenvalue weighted by atomic mass is 19.4. The van der Waals surface area contributed by atoms with Crippen LogP contribution in [0.1, 0.15) is 37.6 Å². The lowest BCUT2D eigenvalue weighted by molar-refractivity contribution is -0.393. The highest BCUT2D eigenvalue weighted by molar-refractivity contribution is 5.91. The second-order valence-electron chi connectivity index (χ2n) is 5.17. The maximum Gasteiger partial charge on any atom is 0.449 e. The molecule has 2 aromatic rings. The van der Waals surface area contributed by atoms with Crippen molar-refractivity contribution in [1.29, 1.82) is 0 Å². The average molecular weight is 346 g/mol. The van der Waals surface area contributed by atoms with Crippen LogP contribution in [-0.4, -0.2) is 19.8 Å². The number of H-pyrrole nitrogens is 1. The number of fused-ring (bicyclic) bond motifs is 1. The molecular formula is C13H13F3N4O4. The molecule has 0 atom stereocenters. The number of halogens is 3. The highest BCUT2D eigenvalue weighted by Crippen LogP contribution is 2.38. The summed E-state index contributed by atoms with van der Waals surface area (Å²) in [5.74, 6) is -1.42. The molecule has 1 N–H and O–H groups in total. The minimum Gasteiger partial charge on any atom is -0.329 e. The molecule has 0 radical (unpaired) electrons. The number of nitro groups is 2. The van der Waals surface area contributed by atoms with Gasteiger partial charge >= 0.3 is 11.9 Å². The van der Waals surface area contributed by atoms with Gasteiger partial charge in [-0.25, -0.2) is 4.98 Å². The second kappa shape index (κ2) is 6.42. The first-order chi connectivity index (χ1) is 11.2. The number of nitro benzene ring substituents is 2. The van der Waals surface area contributed by atoms with Crippen molar-refractivity contribution in [2.24, 2.45) is 0 Å². The summed E-state index contributed by atoms with van der Waals surface area (Å²) >= 11 is 0. The number of benzene rings is 1. The summed E-state index contributed by atoms with van der Waals surface area (Å²) in [4.78, 5) is 25.7. The molecule has 0 spiro atoms. The molecule has 0 saturated carbocycles. The summed E-state index contributed by atoms with van der Waals surface area (Å²) in [6, 6.07) is 0.682. The van der Waals surface area contributed by atoms with Crippen molar-refractivity contribution in [3.63, 3.8) is 0 Å². The van der Waals surface area contributed by atoms with Crippen LogP contribution >= 0.6 is 0 Å². The lowest BCUT2D eigenvalue weighted by Crippen LogP contribution is -2.07. The van der Waals surface area contributed by atoms with Gasteiger partial charge in [-0.15, -0.1) is 0 Å². The lowest BCUT2D eigenvalue weighted by Gasteiger charge is -2.04. The van der Waals surface area contributed by atoms with E-state index in [1.165, 1.54) is 0 Å². The topological polar surface area (TPSA) is 115 Å². The van der Waals surface area contributed by atoms with Crippen LogP contribution < -0.4 is 0 Å². The smallest absolute Gasteiger partial charge is 0.329 e. The summed E-state index contributed by atoms with van der Waals surface area (Å²) in [6.45, 7) is 1.90. The van der Waals surface area contributed by atoms with Crippen LogP contribution in [0.2, 0.25) is 0 Å². The number of unbranched alkanes of at least 4 members (excludes halogenated alkanes) is 2. The van der Waals surface area contributed by atoms with E-state index < -0.39 is 38.7 Å². The number of nitrogens with one attached hydrogen (secondary N) is 1. The van der Waals surface area contributed by atoms with Gasteiger partial charge in [-0.3, -0.25) is 20.2 Å². The Balaban J connectivity index is 2.76.